The molecule has 0 spiro atoms. The van der Waals surface area contributed by atoms with E-state index in [-0.39, 0.29) is 0 Å². The van der Waals surface area contributed by atoms with E-state index >= 15 is 0 Å². The maximum absolute atomic E-state index is 10.4. The van der Waals surface area contributed by atoms with Gasteiger partial charge in [0.15, 0.2) is 0 Å². The van der Waals surface area contributed by atoms with Crippen molar-refractivity contribution < 1.29 is 19.3 Å². The van der Waals surface area contributed by atoms with E-state index < -0.39 is 11.9 Å². The molecule has 0 amide bonds. The largest absolute Gasteiger partial charge is 0.352 e. The van der Waals surface area contributed by atoms with Crippen LogP contribution in [-0.4, -0.2) is 11.9 Å². The Bertz CT molecular complexity index is 171. The molecule has 0 aromatic heterocycles. The van der Waals surface area contributed by atoms with E-state index in [1.807, 2.05) is 0 Å². The number of carbonyl (C=O) groups excluding carboxylic acids is 2. The van der Waals surface area contributed by atoms with Gasteiger partial charge in [-0.2, -0.15) is 0 Å². The molecule has 0 saturated heterocycles. The van der Waals surface area contributed by atoms with E-state index in [1.165, 1.54) is 0 Å². The summed E-state index contributed by atoms with van der Waals surface area (Å²) in [6.45, 7) is 0. The van der Waals surface area contributed by atoms with E-state index in [2.05, 4.69) is 21.4 Å². The van der Waals surface area contributed by atoms with E-state index in [0.717, 1.165) is 12.2 Å². The van der Waals surface area contributed by atoms with Crippen molar-refractivity contribution in [3.63, 3.8) is 0 Å². The van der Waals surface area contributed by atoms with Gasteiger partial charge in [0.05, 0.1) is 0 Å². The van der Waals surface area contributed by atoms with Crippen LogP contribution in [0, 0.1) is 0 Å². The maximum atomic E-state index is 10.4. The van der Waals surface area contributed by atoms with Crippen molar-refractivity contribution in [3.8, 4) is 0 Å². The fourth-order valence-corrected chi connectivity index (χ4v) is 0.320. The molecule has 6 N–H and O–H groups in total. The Morgan fingerprint density at radius 1 is 1.00 bits per heavy atom. The second-order valence-electron chi connectivity index (χ2n) is 1.41. The summed E-state index contributed by atoms with van der Waals surface area (Å²) in [4.78, 5) is 28.9. The summed E-state index contributed by atoms with van der Waals surface area (Å²) in [6.07, 6.45) is 1.61. The van der Waals surface area contributed by atoms with Crippen LogP contribution in [0.5, 0.6) is 0 Å². The minimum atomic E-state index is -0.841. The van der Waals surface area contributed by atoms with Crippen LogP contribution in [0.25, 0.3) is 0 Å². The van der Waals surface area contributed by atoms with Gasteiger partial charge in [-0.25, -0.2) is 21.3 Å². The minimum Gasteiger partial charge on any atom is -0.352 e. The van der Waals surface area contributed by atoms with E-state index in [9.17, 15) is 9.59 Å². The van der Waals surface area contributed by atoms with Gasteiger partial charge >= 0.3 is 11.9 Å². The monoisotopic (exact) mass is 176 g/mol. The Morgan fingerprint density at radius 2 is 1.33 bits per heavy atom. The molecule has 0 fully saturated rings. The molecule has 0 aliphatic heterocycles. The molecule has 0 aromatic rings. The summed E-state index contributed by atoms with van der Waals surface area (Å²) >= 11 is 0. The standard InChI is InChI=1S/C4H8N4O4/c5-7-11-3(9)1-2-4(10)12-8-6/h1-2,7-8H,5-6H2/b2-1-. The number of hydrogen-bond donors (Lipinski definition) is 4. The van der Waals surface area contributed by atoms with Crippen molar-refractivity contribution in [3.05, 3.63) is 12.2 Å². The molecule has 8 nitrogen and oxygen atoms in total. The third-order valence-corrected chi connectivity index (χ3v) is 0.675. The average Bonchev–Trinajstić information content (AvgIpc) is 2.02. The zero-order chi connectivity index (χ0) is 9.40. The highest BCUT2D eigenvalue weighted by molar-refractivity contribution is 5.91. The smallest absolute Gasteiger partial charge is 0.350 e. The number of carbonyl (C=O) groups is 2. The number of hydrazine groups is 2. The van der Waals surface area contributed by atoms with Crippen LogP contribution in [0.15, 0.2) is 12.2 Å². The average molecular weight is 176 g/mol. The summed E-state index contributed by atoms with van der Waals surface area (Å²) in [7, 11) is 0. The molecule has 0 bridgehead atoms. The van der Waals surface area contributed by atoms with Crippen molar-refractivity contribution in [2.45, 2.75) is 0 Å². The fourth-order valence-electron chi connectivity index (χ4n) is 0.320. The van der Waals surface area contributed by atoms with Gasteiger partial charge < -0.3 is 9.68 Å². The Morgan fingerprint density at radius 3 is 1.58 bits per heavy atom. The first-order chi connectivity index (χ1) is 5.70. The first kappa shape index (κ1) is 10.5. The van der Waals surface area contributed by atoms with Gasteiger partial charge in [0.2, 0.25) is 0 Å². The molecular weight excluding hydrogens is 168 g/mol. The minimum absolute atomic E-state index is 0.805. The van der Waals surface area contributed by atoms with Crippen LogP contribution in [0.2, 0.25) is 0 Å². The zero-order valence-corrected chi connectivity index (χ0v) is 5.94. The van der Waals surface area contributed by atoms with Crippen molar-refractivity contribution in [1.29, 1.82) is 0 Å². The first-order valence-electron chi connectivity index (χ1n) is 2.71. The van der Waals surface area contributed by atoms with Crippen LogP contribution in [0.3, 0.4) is 0 Å². The Labute approximate surface area is 67.3 Å². The molecule has 0 atom stereocenters. The molecule has 8 heteroatoms. The van der Waals surface area contributed by atoms with Gasteiger partial charge in [0.1, 0.15) is 0 Å². The quantitative estimate of drug-likeness (QED) is 0.208. The number of nitrogens with one attached hydrogen (secondary N) is 2. The van der Waals surface area contributed by atoms with Crippen LogP contribution in [0.1, 0.15) is 0 Å². The van der Waals surface area contributed by atoms with E-state index in [0.29, 0.717) is 0 Å². The number of rotatable bonds is 4. The normalized spacial score (nSPS) is 9.83. The van der Waals surface area contributed by atoms with Crippen molar-refractivity contribution in [2.24, 2.45) is 11.7 Å². The van der Waals surface area contributed by atoms with E-state index in [4.69, 9.17) is 0 Å². The van der Waals surface area contributed by atoms with Crippen LogP contribution >= 0.6 is 0 Å². The lowest BCUT2D eigenvalue weighted by Gasteiger charge is -1.95. The maximum Gasteiger partial charge on any atom is 0.350 e. The fraction of sp³-hybridized carbons (Fsp3) is 0. The van der Waals surface area contributed by atoms with Crippen LogP contribution < -0.4 is 22.9 Å². The predicted octanol–water partition coefficient (Wildman–Crippen LogP) is -2.61. The van der Waals surface area contributed by atoms with Gasteiger partial charge in [-0.1, -0.05) is 11.2 Å². The third kappa shape index (κ3) is 5.32. The third-order valence-electron chi connectivity index (χ3n) is 0.675. The summed E-state index contributed by atoms with van der Waals surface area (Å²) in [6, 6.07) is 0. The van der Waals surface area contributed by atoms with Crippen molar-refractivity contribution >= 4 is 11.9 Å². The highest BCUT2D eigenvalue weighted by atomic mass is 16.7. The molecule has 68 valence electrons. The van der Waals surface area contributed by atoms with Crippen LogP contribution in [-0.2, 0) is 19.3 Å². The number of hydrogen-bond acceptors (Lipinski definition) is 8. The molecule has 0 saturated carbocycles. The molecule has 0 unspecified atom stereocenters. The predicted molar refractivity (Wildman–Crippen MR) is 36.0 cm³/mol. The lowest BCUT2D eigenvalue weighted by molar-refractivity contribution is -0.147. The van der Waals surface area contributed by atoms with Gasteiger partial charge in [-0.15, -0.1) is 0 Å². The first-order valence-corrected chi connectivity index (χ1v) is 2.71. The van der Waals surface area contributed by atoms with Crippen molar-refractivity contribution in [1.82, 2.24) is 11.2 Å². The molecule has 0 aliphatic rings. The molecule has 0 radical (unpaired) electrons. The molecule has 0 aromatic carbocycles. The SMILES string of the molecule is NNOC(=O)/C=C\C(=O)ONN. The lowest BCUT2D eigenvalue weighted by Crippen LogP contribution is -2.26. The zero-order valence-electron chi connectivity index (χ0n) is 5.94. The van der Waals surface area contributed by atoms with Gasteiger partial charge in [-0.3, -0.25) is 0 Å². The second-order valence-corrected chi connectivity index (χ2v) is 1.41. The topological polar surface area (TPSA) is 129 Å². The summed E-state index contributed by atoms with van der Waals surface area (Å²) in [5.74, 6) is 7.56. The Hall–Kier alpha value is -1.48. The molecule has 0 aliphatic carbocycles. The van der Waals surface area contributed by atoms with Gasteiger partial charge in [0, 0.05) is 12.2 Å². The molecule has 12 heavy (non-hydrogen) atoms. The molecular formula is C4H8N4O4. The highest BCUT2D eigenvalue weighted by Crippen LogP contribution is 1.79. The summed E-state index contributed by atoms with van der Waals surface area (Å²) in [5, 5.41) is 0. The summed E-state index contributed by atoms with van der Waals surface area (Å²) in [5.41, 5.74) is 3.26. The van der Waals surface area contributed by atoms with Crippen LogP contribution in [0.4, 0.5) is 0 Å². The summed E-state index contributed by atoms with van der Waals surface area (Å²) < 4.78 is 0. The van der Waals surface area contributed by atoms with Gasteiger partial charge in [-0.05, 0) is 0 Å². The van der Waals surface area contributed by atoms with E-state index in [1.54, 1.807) is 11.2 Å². The van der Waals surface area contributed by atoms with Crippen molar-refractivity contribution in [2.75, 3.05) is 0 Å². The Balaban J connectivity index is 3.73. The number of nitrogens with two attached hydrogens (primary N) is 2. The molecule has 0 rings (SSSR count). The van der Waals surface area contributed by atoms with Gasteiger partial charge in [0.25, 0.3) is 0 Å². The highest BCUT2D eigenvalue weighted by Gasteiger charge is 1.98. The Kier molecular flexibility index (Phi) is 5.47. The molecule has 0 heterocycles. The lowest BCUT2D eigenvalue weighted by atomic mass is 10.5. The second kappa shape index (κ2) is 6.24.